The number of hydrogen-bond acceptors (Lipinski definition) is 3. The van der Waals surface area contributed by atoms with E-state index in [0.29, 0.717) is 5.75 Å². The van der Waals surface area contributed by atoms with Crippen LogP contribution in [0.5, 0.6) is 0 Å². The number of ketones is 1. The van der Waals surface area contributed by atoms with Gasteiger partial charge in [0, 0.05) is 5.56 Å². The molecule has 0 unspecified atom stereocenters. The number of hydrogen-bond donors (Lipinski definition) is 0. The number of thioether (sulfide) groups is 1. The van der Waals surface area contributed by atoms with Crippen LogP contribution in [-0.2, 0) is 5.75 Å². The molecule has 0 fully saturated rings. The van der Waals surface area contributed by atoms with E-state index in [-0.39, 0.29) is 5.78 Å². The molecular weight excluding hydrogens is 256 g/mol. The maximum absolute atomic E-state index is 12.2. The second-order valence-electron chi connectivity index (χ2n) is 4.75. The number of Topliss-reactive ketones (excluding diaryl/α,β-unsaturated/α-hetero) is 1. The zero-order valence-corrected chi connectivity index (χ0v) is 12.3. The van der Waals surface area contributed by atoms with Crippen LogP contribution in [0.3, 0.4) is 0 Å². The molecule has 2 nitrogen and oxygen atoms in total. The fourth-order valence-electron chi connectivity index (χ4n) is 1.98. The summed E-state index contributed by atoms with van der Waals surface area (Å²) < 4.78 is 5.25. The van der Waals surface area contributed by atoms with Gasteiger partial charge >= 0.3 is 0 Å². The Hall–Kier alpha value is -1.48. The van der Waals surface area contributed by atoms with Crippen LogP contribution >= 0.6 is 11.8 Å². The van der Waals surface area contributed by atoms with Crippen LogP contribution in [0.15, 0.2) is 34.9 Å². The highest BCUT2D eigenvalue weighted by Gasteiger charge is 2.11. The number of carbonyl (C=O) groups is 1. The van der Waals surface area contributed by atoms with Gasteiger partial charge in [0.2, 0.25) is 0 Å². The van der Waals surface area contributed by atoms with Gasteiger partial charge in [0.15, 0.2) is 5.78 Å². The normalized spacial score (nSPS) is 10.7. The van der Waals surface area contributed by atoms with E-state index in [1.807, 2.05) is 32.0 Å². The second kappa shape index (κ2) is 6.11. The lowest BCUT2D eigenvalue weighted by molar-refractivity contribution is 0.102. The Bertz CT molecular complexity index is 571. The van der Waals surface area contributed by atoms with E-state index in [2.05, 4.69) is 13.0 Å². The molecule has 19 heavy (non-hydrogen) atoms. The van der Waals surface area contributed by atoms with Crippen molar-refractivity contribution in [3.8, 4) is 0 Å². The summed E-state index contributed by atoms with van der Waals surface area (Å²) in [6.45, 7) is 6.11. The van der Waals surface area contributed by atoms with Crippen molar-refractivity contribution in [1.82, 2.24) is 0 Å². The van der Waals surface area contributed by atoms with Crippen molar-refractivity contribution in [2.45, 2.75) is 26.5 Å². The molecule has 0 amide bonds. The highest BCUT2D eigenvalue weighted by atomic mass is 32.2. The molecule has 0 saturated heterocycles. The Kier molecular flexibility index (Phi) is 4.48. The van der Waals surface area contributed by atoms with E-state index in [1.165, 1.54) is 11.1 Å². The maximum Gasteiger partial charge on any atom is 0.173 e. The van der Waals surface area contributed by atoms with Crippen molar-refractivity contribution in [2.24, 2.45) is 0 Å². The lowest BCUT2D eigenvalue weighted by atomic mass is 9.99. The zero-order valence-electron chi connectivity index (χ0n) is 11.5. The third-order valence-corrected chi connectivity index (χ3v) is 4.15. The SMILES string of the molecule is Cc1cc(C)c(C(=O)CSCc2ccco2)cc1C. The fraction of sp³-hybridized carbons (Fsp3) is 0.312. The third-order valence-electron chi connectivity index (χ3n) is 3.20. The van der Waals surface area contributed by atoms with Gasteiger partial charge in [-0.15, -0.1) is 11.8 Å². The van der Waals surface area contributed by atoms with Gasteiger partial charge < -0.3 is 4.42 Å². The first-order valence-electron chi connectivity index (χ1n) is 6.29. The largest absolute Gasteiger partial charge is 0.468 e. The fourth-order valence-corrected chi connectivity index (χ4v) is 2.79. The summed E-state index contributed by atoms with van der Waals surface area (Å²) in [5, 5.41) is 0. The van der Waals surface area contributed by atoms with Gasteiger partial charge in [0.05, 0.1) is 17.8 Å². The van der Waals surface area contributed by atoms with E-state index in [9.17, 15) is 4.79 Å². The second-order valence-corrected chi connectivity index (χ2v) is 5.73. The number of benzene rings is 1. The van der Waals surface area contributed by atoms with Crippen molar-refractivity contribution < 1.29 is 9.21 Å². The molecule has 1 aromatic carbocycles. The average molecular weight is 274 g/mol. The van der Waals surface area contributed by atoms with Crippen LogP contribution in [0.4, 0.5) is 0 Å². The molecule has 0 aliphatic rings. The van der Waals surface area contributed by atoms with E-state index >= 15 is 0 Å². The first-order chi connectivity index (χ1) is 9.08. The zero-order chi connectivity index (χ0) is 13.8. The maximum atomic E-state index is 12.2. The van der Waals surface area contributed by atoms with Crippen LogP contribution in [0.2, 0.25) is 0 Å². The molecule has 0 aliphatic heterocycles. The Morgan fingerprint density at radius 2 is 1.89 bits per heavy atom. The molecule has 2 rings (SSSR count). The molecule has 0 bridgehead atoms. The van der Waals surface area contributed by atoms with Crippen molar-refractivity contribution >= 4 is 17.5 Å². The van der Waals surface area contributed by atoms with Gasteiger partial charge in [0.1, 0.15) is 5.76 Å². The molecule has 3 heteroatoms. The van der Waals surface area contributed by atoms with Crippen LogP contribution < -0.4 is 0 Å². The Balaban J connectivity index is 1.98. The highest BCUT2D eigenvalue weighted by molar-refractivity contribution is 7.99. The minimum atomic E-state index is 0.192. The van der Waals surface area contributed by atoms with Crippen LogP contribution in [0, 0.1) is 20.8 Å². The molecule has 1 aromatic heterocycles. The van der Waals surface area contributed by atoms with Gasteiger partial charge in [-0.1, -0.05) is 6.07 Å². The van der Waals surface area contributed by atoms with Crippen molar-refractivity contribution in [1.29, 1.82) is 0 Å². The average Bonchev–Trinajstić information content (AvgIpc) is 2.86. The topological polar surface area (TPSA) is 30.2 Å². The minimum Gasteiger partial charge on any atom is -0.468 e. The molecule has 100 valence electrons. The first kappa shape index (κ1) is 13.9. The molecule has 0 spiro atoms. The number of rotatable bonds is 5. The lowest BCUT2D eigenvalue weighted by Gasteiger charge is -2.08. The summed E-state index contributed by atoms with van der Waals surface area (Å²) in [5.74, 6) is 2.33. The third kappa shape index (κ3) is 3.51. The molecule has 0 N–H and O–H groups in total. The monoisotopic (exact) mass is 274 g/mol. The van der Waals surface area contributed by atoms with Gasteiger partial charge in [-0.2, -0.15) is 0 Å². The van der Waals surface area contributed by atoms with Crippen molar-refractivity contribution in [3.63, 3.8) is 0 Å². The van der Waals surface area contributed by atoms with E-state index in [1.54, 1.807) is 18.0 Å². The predicted molar refractivity (Wildman–Crippen MR) is 79.9 cm³/mol. The number of aryl methyl sites for hydroxylation is 3. The number of carbonyl (C=O) groups excluding carboxylic acids is 1. The molecule has 0 saturated carbocycles. The predicted octanol–water partition coefficient (Wildman–Crippen LogP) is 4.32. The first-order valence-corrected chi connectivity index (χ1v) is 7.44. The number of furan rings is 1. The molecule has 0 atom stereocenters. The van der Waals surface area contributed by atoms with E-state index < -0.39 is 0 Å². The van der Waals surface area contributed by atoms with Crippen molar-refractivity contribution in [2.75, 3.05) is 5.75 Å². The van der Waals surface area contributed by atoms with E-state index in [4.69, 9.17) is 4.42 Å². The highest BCUT2D eigenvalue weighted by Crippen LogP contribution is 2.19. The summed E-state index contributed by atoms with van der Waals surface area (Å²) in [4.78, 5) is 12.2. The van der Waals surface area contributed by atoms with Gasteiger partial charge in [-0.25, -0.2) is 0 Å². The molecule has 0 aliphatic carbocycles. The molecule has 0 radical (unpaired) electrons. The van der Waals surface area contributed by atoms with Crippen LogP contribution in [-0.4, -0.2) is 11.5 Å². The molecule has 1 heterocycles. The summed E-state index contributed by atoms with van der Waals surface area (Å²) in [7, 11) is 0. The van der Waals surface area contributed by atoms with Crippen LogP contribution in [0.25, 0.3) is 0 Å². The Morgan fingerprint density at radius 1 is 1.16 bits per heavy atom. The van der Waals surface area contributed by atoms with Gasteiger partial charge in [-0.05, 0) is 55.7 Å². The van der Waals surface area contributed by atoms with Crippen LogP contribution in [0.1, 0.15) is 32.8 Å². The van der Waals surface area contributed by atoms with Gasteiger partial charge in [0.25, 0.3) is 0 Å². The van der Waals surface area contributed by atoms with E-state index in [0.717, 1.165) is 22.6 Å². The summed E-state index contributed by atoms with van der Waals surface area (Å²) >= 11 is 1.59. The summed E-state index contributed by atoms with van der Waals surface area (Å²) in [5.41, 5.74) is 4.31. The smallest absolute Gasteiger partial charge is 0.173 e. The van der Waals surface area contributed by atoms with Crippen molar-refractivity contribution in [3.05, 3.63) is 58.5 Å². The Labute approximate surface area is 118 Å². The standard InChI is InChI=1S/C16H18O2S/c1-11-7-13(3)15(8-12(11)2)16(17)10-19-9-14-5-4-6-18-14/h4-8H,9-10H2,1-3H3. The quantitative estimate of drug-likeness (QED) is 0.761. The molecule has 2 aromatic rings. The summed E-state index contributed by atoms with van der Waals surface area (Å²) in [6, 6.07) is 7.88. The lowest BCUT2D eigenvalue weighted by Crippen LogP contribution is -2.06. The Morgan fingerprint density at radius 3 is 2.58 bits per heavy atom. The summed E-state index contributed by atoms with van der Waals surface area (Å²) in [6.07, 6.45) is 1.66. The molecular formula is C16H18O2S. The van der Waals surface area contributed by atoms with Gasteiger partial charge in [-0.3, -0.25) is 4.79 Å². The minimum absolute atomic E-state index is 0.192.